The van der Waals surface area contributed by atoms with Gasteiger partial charge in [0.05, 0.1) is 18.7 Å². The SMILES string of the molecule is COc1cc(C(N)C2CC2)c(OC)cc1Br. The van der Waals surface area contributed by atoms with E-state index in [0.717, 1.165) is 21.5 Å². The number of benzene rings is 1. The highest BCUT2D eigenvalue weighted by Gasteiger charge is 2.31. The van der Waals surface area contributed by atoms with Crippen molar-refractivity contribution < 1.29 is 9.47 Å². The number of ether oxygens (including phenoxy) is 2. The minimum Gasteiger partial charge on any atom is -0.496 e. The second kappa shape index (κ2) is 4.63. The maximum atomic E-state index is 6.20. The van der Waals surface area contributed by atoms with Crippen molar-refractivity contribution in [2.45, 2.75) is 18.9 Å². The highest BCUT2D eigenvalue weighted by atomic mass is 79.9. The van der Waals surface area contributed by atoms with Crippen molar-refractivity contribution in [2.75, 3.05) is 14.2 Å². The monoisotopic (exact) mass is 285 g/mol. The first-order chi connectivity index (χ1) is 7.67. The lowest BCUT2D eigenvalue weighted by atomic mass is 10.0. The van der Waals surface area contributed by atoms with Crippen LogP contribution in [0.1, 0.15) is 24.4 Å². The maximum absolute atomic E-state index is 6.20. The summed E-state index contributed by atoms with van der Waals surface area (Å²) in [6.45, 7) is 0. The van der Waals surface area contributed by atoms with Crippen LogP contribution < -0.4 is 15.2 Å². The van der Waals surface area contributed by atoms with E-state index in [4.69, 9.17) is 15.2 Å². The number of halogens is 1. The van der Waals surface area contributed by atoms with E-state index >= 15 is 0 Å². The molecule has 1 fully saturated rings. The van der Waals surface area contributed by atoms with Crippen LogP contribution in [0.15, 0.2) is 16.6 Å². The van der Waals surface area contributed by atoms with Crippen molar-refractivity contribution in [1.29, 1.82) is 0 Å². The molecule has 0 heterocycles. The van der Waals surface area contributed by atoms with Crippen LogP contribution in [0.25, 0.3) is 0 Å². The number of rotatable bonds is 4. The minimum atomic E-state index is 0.0527. The molecule has 0 aliphatic heterocycles. The summed E-state index contributed by atoms with van der Waals surface area (Å²) in [6, 6.07) is 3.93. The number of nitrogens with two attached hydrogens (primary N) is 1. The Morgan fingerprint density at radius 2 is 1.88 bits per heavy atom. The van der Waals surface area contributed by atoms with E-state index in [0.29, 0.717) is 5.92 Å². The van der Waals surface area contributed by atoms with Gasteiger partial charge in [0.1, 0.15) is 11.5 Å². The quantitative estimate of drug-likeness (QED) is 0.925. The van der Waals surface area contributed by atoms with Crippen molar-refractivity contribution in [1.82, 2.24) is 0 Å². The lowest BCUT2D eigenvalue weighted by Crippen LogP contribution is -2.13. The van der Waals surface area contributed by atoms with Gasteiger partial charge in [-0.05, 0) is 46.8 Å². The Labute approximate surface area is 104 Å². The molecule has 3 nitrogen and oxygen atoms in total. The van der Waals surface area contributed by atoms with Gasteiger partial charge in [-0.15, -0.1) is 0 Å². The van der Waals surface area contributed by atoms with Gasteiger partial charge in [0.2, 0.25) is 0 Å². The fraction of sp³-hybridized carbons (Fsp3) is 0.500. The zero-order valence-electron chi connectivity index (χ0n) is 9.50. The van der Waals surface area contributed by atoms with Gasteiger partial charge in [0.25, 0.3) is 0 Å². The minimum absolute atomic E-state index is 0.0527. The van der Waals surface area contributed by atoms with Crippen LogP contribution in [0.4, 0.5) is 0 Å². The average molecular weight is 286 g/mol. The summed E-state index contributed by atoms with van der Waals surface area (Å²) in [6.07, 6.45) is 2.42. The van der Waals surface area contributed by atoms with Crippen LogP contribution in [-0.4, -0.2) is 14.2 Å². The molecule has 2 rings (SSSR count). The van der Waals surface area contributed by atoms with Gasteiger partial charge in [-0.2, -0.15) is 0 Å². The zero-order chi connectivity index (χ0) is 11.7. The lowest BCUT2D eigenvalue weighted by Gasteiger charge is -2.17. The molecule has 1 atom stereocenters. The molecule has 1 aliphatic carbocycles. The molecule has 1 aliphatic rings. The molecule has 0 radical (unpaired) electrons. The molecule has 1 aromatic carbocycles. The predicted octanol–water partition coefficient (Wildman–Crippen LogP) is 2.88. The third-order valence-corrected chi connectivity index (χ3v) is 3.61. The van der Waals surface area contributed by atoms with Gasteiger partial charge in [0, 0.05) is 11.6 Å². The second-order valence-corrected chi connectivity index (χ2v) is 4.95. The van der Waals surface area contributed by atoms with Gasteiger partial charge >= 0.3 is 0 Å². The van der Waals surface area contributed by atoms with E-state index < -0.39 is 0 Å². The molecule has 88 valence electrons. The molecule has 16 heavy (non-hydrogen) atoms. The number of methoxy groups -OCH3 is 2. The molecule has 2 N–H and O–H groups in total. The first kappa shape index (κ1) is 11.7. The Morgan fingerprint density at radius 1 is 1.25 bits per heavy atom. The summed E-state index contributed by atoms with van der Waals surface area (Å²) in [5.74, 6) is 2.22. The van der Waals surface area contributed by atoms with E-state index in [-0.39, 0.29) is 6.04 Å². The zero-order valence-corrected chi connectivity index (χ0v) is 11.1. The highest BCUT2D eigenvalue weighted by Crippen LogP contribution is 2.44. The Bertz CT molecular complexity index is 391. The molecule has 1 unspecified atom stereocenters. The van der Waals surface area contributed by atoms with Crippen LogP contribution in [0.5, 0.6) is 11.5 Å². The third kappa shape index (κ3) is 2.18. The topological polar surface area (TPSA) is 44.5 Å². The Morgan fingerprint density at radius 3 is 2.38 bits per heavy atom. The van der Waals surface area contributed by atoms with Crippen molar-refractivity contribution >= 4 is 15.9 Å². The molecule has 4 heteroatoms. The van der Waals surface area contributed by atoms with Crippen molar-refractivity contribution in [3.63, 3.8) is 0 Å². The van der Waals surface area contributed by atoms with Gasteiger partial charge in [0.15, 0.2) is 0 Å². The van der Waals surface area contributed by atoms with E-state index in [1.807, 2.05) is 12.1 Å². The first-order valence-corrected chi connectivity index (χ1v) is 6.13. The molecule has 0 amide bonds. The van der Waals surface area contributed by atoms with E-state index in [1.54, 1.807) is 14.2 Å². The van der Waals surface area contributed by atoms with Crippen molar-refractivity contribution in [3.05, 3.63) is 22.2 Å². The fourth-order valence-electron chi connectivity index (χ4n) is 1.85. The van der Waals surface area contributed by atoms with Crippen LogP contribution in [0, 0.1) is 5.92 Å². The molecular formula is C12H16BrNO2. The van der Waals surface area contributed by atoms with Crippen molar-refractivity contribution in [2.24, 2.45) is 11.7 Å². The van der Waals surface area contributed by atoms with Gasteiger partial charge in [-0.25, -0.2) is 0 Å². The van der Waals surface area contributed by atoms with Crippen molar-refractivity contribution in [3.8, 4) is 11.5 Å². The fourth-order valence-corrected chi connectivity index (χ4v) is 2.34. The largest absolute Gasteiger partial charge is 0.496 e. The Balaban J connectivity index is 2.39. The molecule has 0 spiro atoms. The Kier molecular flexibility index (Phi) is 3.40. The van der Waals surface area contributed by atoms with E-state index in [2.05, 4.69) is 15.9 Å². The standard InChI is InChI=1S/C12H16BrNO2/c1-15-10-6-9(13)11(16-2)5-8(10)12(14)7-3-4-7/h5-7,12H,3-4,14H2,1-2H3. The number of hydrogen-bond donors (Lipinski definition) is 1. The normalized spacial score (nSPS) is 17.0. The summed E-state index contributed by atoms with van der Waals surface area (Å²) in [5, 5.41) is 0. The van der Waals surface area contributed by atoms with E-state index in [1.165, 1.54) is 12.8 Å². The summed E-state index contributed by atoms with van der Waals surface area (Å²) in [4.78, 5) is 0. The smallest absolute Gasteiger partial charge is 0.133 e. The van der Waals surface area contributed by atoms with Gasteiger partial charge < -0.3 is 15.2 Å². The summed E-state index contributed by atoms with van der Waals surface area (Å²) < 4.78 is 11.5. The molecule has 0 bridgehead atoms. The summed E-state index contributed by atoms with van der Waals surface area (Å²) >= 11 is 3.44. The second-order valence-electron chi connectivity index (χ2n) is 4.09. The Hall–Kier alpha value is -0.740. The number of hydrogen-bond acceptors (Lipinski definition) is 3. The average Bonchev–Trinajstić information content (AvgIpc) is 3.11. The van der Waals surface area contributed by atoms with Gasteiger partial charge in [-0.3, -0.25) is 0 Å². The van der Waals surface area contributed by atoms with Crippen LogP contribution in [0.3, 0.4) is 0 Å². The highest BCUT2D eigenvalue weighted by molar-refractivity contribution is 9.10. The summed E-state index contributed by atoms with van der Waals surface area (Å²) in [5.41, 5.74) is 7.23. The molecule has 0 saturated heterocycles. The first-order valence-electron chi connectivity index (χ1n) is 5.34. The van der Waals surface area contributed by atoms with Crippen LogP contribution in [-0.2, 0) is 0 Å². The maximum Gasteiger partial charge on any atom is 0.133 e. The third-order valence-electron chi connectivity index (χ3n) is 2.99. The lowest BCUT2D eigenvalue weighted by molar-refractivity contribution is 0.391. The molecule has 1 saturated carbocycles. The molecule has 0 aromatic heterocycles. The van der Waals surface area contributed by atoms with Gasteiger partial charge in [-0.1, -0.05) is 0 Å². The van der Waals surface area contributed by atoms with Crippen LogP contribution >= 0.6 is 15.9 Å². The predicted molar refractivity (Wildman–Crippen MR) is 66.9 cm³/mol. The van der Waals surface area contributed by atoms with Crippen LogP contribution in [0.2, 0.25) is 0 Å². The van der Waals surface area contributed by atoms with E-state index in [9.17, 15) is 0 Å². The molecule has 1 aromatic rings. The summed E-state index contributed by atoms with van der Waals surface area (Å²) in [7, 11) is 3.32. The molecular weight excluding hydrogens is 270 g/mol.